The zero-order valence-corrected chi connectivity index (χ0v) is 11.0. The summed E-state index contributed by atoms with van der Waals surface area (Å²) < 4.78 is 0. The average Bonchev–Trinajstić information content (AvgIpc) is 2.39. The van der Waals surface area contributed by atoms with Gasteiger partial charge in [0.2, 0.25) is 5.91 Å². The van der Waals surface area contributed by atoms with Gasteiger partial charge in [-0.15, -0.1) is 0 Å². The average molecular weight is 261 g/mol. The Hall–Kier alpha value is -1.88. The van der Waals surface area contributed by atoms with Gasteiger partial charge in [-0.2, -0.15) is 0 Å². The molecule has 0 radical (unpaired) electrons. The molecule has 1 aliphatic rings. The van der Waals surface area contributed by atoms with Crippen molar-refractivity contribution in [1.82, 2.24) is 10.6 Å². The Labute approximate surface area is 112 Å². The first kappa shape index (κ1) is 13.5. The molecule has 0 spiro atoms. The molecule has 2 rings (SSSR count). The second kappa shape index (κ2) is 5.84. The van der Waals surface area contributed by atoms with Gasteiger partial charge in [0.25, 0.3) is 5.91 Å². The highest BCUT2D eigenvalue weighted by Crippen LogP contribution is 2.10. The number of carbonyl (C=O) groups excluding carboxylic acids is 2. The molecule has 2 atom stereocenters. The van der Waals surface area contributed by atoms with Crippen molar-refractivity contribution in [3.63, 3.8) is 0 Å². The van der Waals surface area contributed by atoms with Crippen LogP contribution >= 0.6 is 0 Å². The highest BCUT2D eigenvalue weighted by Gasteiger charge is 2.20. The Morgan fingerprint density at radius 1 is 1.26 bits per heavy atom. The lowest BCUT2D eigenvalue weighted by Crippen LogP contribution is -2.46. The van der Waals surface area contributed by atoms with E-state index in [1.54, 1.807) is 24.3 Å². The second-order valence-electron chi connectivity index (χ2n) is 4.99. The molecular weight excluding hydrogens is 242 g/mol. The summed E-state index contributed by atoms with van der Waals surface area (Å²) in [4.78, 5) is 23.0. The lowest BCUT2D eigenvalue weighted by Gasteiger charge is -2.28. The van der Waals surface area contributed by atoms with Gasteiger partial charge in [-0.1, -0.05) is 0 Å². The molecule has 19 heavy (non-hydrogen) atoms. The van der Waals surface area contributed by atoms with Crippen LogP contribution in [0.25, 0.3) is 0 Å². The van der Waals surface area contributed by atoms with Gasteiger partial charge in [0, 0.05) is 23.2 Å². The summed E-state index contributed by atoms with van der Waals surface area (Å²) in [6, 6.07) is 7.03. The van der Waals surface area contributed by atoms with E-state index in [4.69, 9.17) is 5.73 Å². The maximum Gasteiger partial charge on any atom is 0.251 e. The molecule has 2 unspecified atom stereocenters. The third-order valence-electron chi connectivity index (χ3n) is 3.39. The van der Waals surface area contributed by atoms with Gasteiger partial charge in [0.05, 0.1) is 0 Å². The molecule has 1 aromatic rings. The van der Waals surface area contributed by atoms with Crippen LogP contribution in [-0.4, -0.2) is 30.4 Å². The van der Waals surface area contributed by atoms with Crippen molar-refractivity contribution >= 4 is 11.8 Å². The number of piperidine rings is 1. The molecule has 0 aromatic heterocycles. The molecule has 102 valence electrons. The van der Waals surface area contributed by atoms with Crippen molar-refractivity contribution in [2.24, 2.45) is 5.73 Å². The lowest BCUT2D eigenvalue weighted by molar-refractivity contribution is 0.0923. The summed E-state index contributed by atoms with van der Waals surface area (Å²) in [6.45, 7) is 3.03. The molecule has 0 saturated carbocycles. The second-order valence-corrected chi connectivity index (χ2v) is 4.99. The predicted octanol–water partition coefficient (Wildman–Crippen LogP) is 0.656. The molecule has 0 aliphatic carbocycles. The first-order chi connectivity index (χ1) is 9.06. The van der Waals surface area contributed by atoms with Crippen LogP contribution in [0, 0.1) is 0 Å². The molecule has 1 aliphatic heterocycles. The smallest absolute Gasteiger partial charge is 0.251 e. The van der Waals surface area contributed by atoms with E-state index in [9.17, 15) is 9.59 Å². The standard InChI is InChI=1S/C14H19N3O2/c1-9-8-12(6-7-16-9)17-14(19)11-4-2-10(3-5-11)13(15)18/h2-5,9,12,16H,6-8H2,1H3,(H2,15,18)(H,17,19). The van der Waals surface area contributed by atoms with Crippen LogP contribution in [0.15, 0.2) is 24.3 Å². The van der Waals surface area contributed by atoms with Crippen LogP contribution in [0.5, 0.6) is 0 Å². The van der Waals surface area contributed by atoms with Crippen molar-refractivity contribution in [2.45, 2.75) is 31.8 Å². The summed E-state index contributed by atoms with van der Waals surface area (Å²) in [7, 11) is 0. The Morgan fingerprint density at radius 2 is 1.89 bits per heavy atom. The number of carbonyl (C=O) groups is 2. The number of benzene rings is 1. The Bertz CT molecular complexity index is 470. The number of rotatable bonds is 3. The number of nitrogens with one attached hydrogen (secondary N) is 2. The zero-order chi connectivity index (χ0) is 13.8. The fraction of sp³-hybridized carbons (Fsp3) is 0.429. The third-order valence-corrected chi connectivity index (χ3v) is 3.39. The van der Waals surface area contributed by atoms with Crippen LogP contribution in [0.2, 0.25) is 0 Å². The SMILES string of the molecule is CC1CC(NC(=O)c2ccc(C(N)=O)cc2)CCN1. The van der Waals surface area contributed by atoms with E-state index in [2.05, 4.69) is 17.6 Å². The lowest BCUT2D eigenvalue weighted by atomic mass is 10.00. The van der Waals surface area contributed by atoms with E-state index in [0.717, 1.165) is 19.4 Å². The van der Waals surface area contributed by atoms with Crippen molar-refractivity contribution < 1.29 is 9.59 Å². The minimum Gasteiger partial charge on any atom is -0.366 e. The molecule has 0 bridgehead atoms. The van der Waals surface area contributed by atoms with Crippen LogP contribution < -0.4 is 16.4 Å². The van der Waals surface area contributed by atoms with Crippen LogP contribution in [0.4, 0.5) is 0 Å². The number of primary amides is 1. The molecule has 1 fully saturated rings. The highest BCUT2D eigenvalue weighted by molar-refractivity contribution is 5.97. The molecule has 5 heteroatoms. The van der Waals surface area contributed by atoms with Crippen LogP contribution in [-0.2, 0) is 0 Å². The minimum atomic E-state index is -0.487. The van der Waals surface area contributed by atoms with Crippen molar-refractivity contribution in [1.29, 1.82) is 0 Å². The number of hydrogen-bond donors (Lipinski definition) is 3. The van der Waals surface area contributed by atoms with E-state index >= 15 is 0 Å². The Balaban J connectivity index is 1.97. The van der Waals surface area contributed by atoms with Gasteiger partial charge in [-0.05, 0) is 50.6 Å². The van der Waals surface area contributed by atoms with E-state index in [1.807, 2.05) is 0 Å². The molecule has 1 heterocycles. The molecule has 5 nitrogen and oxygen atoms in total. The molecule has 1 saturated heterocycles. The fourth-order valence-electron chi connectivity index (χ4n) is 2.32. The summed E-state index contributed by atoms with van der Waals surface area (Å²) in [6.07, 6.45) is 1.88. The monoisotopic (exact) mass is 261 g/mol. The van der Waals surface area contributed by atoms with Gasteiger partial charge in [0.1, 0.15) is 0 Å². The summed E-state index contributed by atoms with van der Waals surface area (Å²) >= 11 is 0. The summed E-state index contributed by atoms with van der Waals surface area (Å²) in [5.74, 6) is -0.589. The van der Waals surface area contributed by atoms with Gasteiger partial charge >= 0.3 is 0 Å². The van der Waals surface area contributed by atoms with Crippen molar-refractivity contribution in [3.05, 3.63) is 35.4 Å². The molecule has 2 amide bonds. The molecular formula is C14H19N3O2. The van der Waals surface area contributed by atoms with Crippen LogP contribution in [0.3, 0.4) is 0 Å². The normalized spacial score (nSPS) is 22.8. The Kier molecular flexibility index (Phi) is 4.16. The van der Waals surface area contributed by atoms with Gasteiger partial charge in [-0.3, -0.25) is 9.59 Å². The van der Waals surface area contributed by atoms with E-state index in [1.165, 1.54) is 0 Å². The third kappa shape index (κ3) is 3.54. The van der Waals surface area contributed by atoms with Crippen molar-refractivity contribution in [2.75, 3.05) is 6.54 Å². The van der Waals surface area contributed by atoms with Crippen molar-refractivity contribution in [3.8, 4) is 0 Å². The number of hydrogen-bond acceptors (Lipinski definition) is 3. The first-order valence-corrected chi connectivity index (χ1v) is 6.50. The molecule has 4 N–H and O–H groups in total. The largest absolute Gasteiger partial charge is 0.366 e. The predicted molar refractivity (Wildman–Crippen MR) is 72.9 cm³/mol. The zero-order valence-electron chi connectivity index (χ0n) is 11.0. The van der Waals surface area contributed by atoms with Gasteiger partial charge in [-0.25, -0.2) is 0 Å². The maximum absolute atomic E-state index is 12.1. The number of amides is 2. The minimum absolute atomic E-state index is 0.102. The fourth-order valence-corrected chi connectivity index (χ4v) is 2.32. The summed E-state index contributed by atoms with van der Waals surface area (Å²) in [5, 5.41) is 6.36. The number of nitrogens with two attached hydrogens (primary N) is 1. The van der Waals surface area contributed by atoms with E-state index in [0.29, 0.717) is 17.2 Å². The van der Waals surface area contributed by atoms with Crippen LogP contribution in [0.1, 0.15) is 40.5 Å². The first-order valence-electron chi connectivity index (χ1n) is 6.50. The summed E-state index contributed by atoms with van der Waals surface area (Å²) in [5.41, 5.74) is 6.12. The topological polar surface area (TPSA) is 84.2 Å². The Morgan fingerprint density at radius 3 is 2.47 bits per heavy atom. The van der Waals surface area contributed by atoms with Gasteiger partial charge in [0.15, 0.2) is 0 Å². The highest BCUT2D eigenvalue weighted by atomic mass is 16.2. The van der Waals surface area contributed by atoms with E-state index in [-0.39, 0.29) is 11.9 Å². The van der Waals surface area contributed by atoms with E-state index < -0.39 is 5.91 Å². The van der Waals surface area contributed by atoms with Gasteiger partial charge < -0.3 is 16.4 Å². The quantitative estimate of drug-likeness (QED) is 0.747. The maximum atomic E-state index is 12.1. The molecule has 1 aromatic carbocycles.